The third-order valence-corrected chi connectivity index (χ3v) is 3.56. The van der Waals surface area contributed by atoms with Crippen molar-refractivity contribution in [2.75, 3.05) is 12.4 Å². The van der Waals surface area contributed by atoms with Crippen LogP contribution in [-0.2, 0) is 9.53 Å². The van der Waals surface area contributed by atoms with E-state index in [1.54, 1.807) is 36.4 Å². The van der Waals surface area contributed by atoms with Crippen LogP contribution < -0.4 is 10.6 Å². The van der Waals surface area contributed by atoms with E-state index < -0.39 is 18.0 Å². The molecule has 0 heterocycles. The van der Waals surface area contributed by atoms with Gasteiger partial charge in [0.1, 0.15) is 0 Å². The Morgan fingerprint density at radius 2 is 1.74 bits per heavy atom. The van der Waals surface area contributed by atoms with Crippen LogP contribution >= 0.6 is 11.6 Å². The van der Waals surface area contributed by atoms with Gasteiger partial charge in [-0.05, 0) is 23.8 Å². The number of methoxy groups -OCH3 is 1. The van der Waals surface area contributed by atoms with Crippen molar-refractivity contribution in [1.29, 1.82) is 0 Å². The highest BCUT2D eigenvalue weighted by molar-refractivity contribution is 6.31. The normalized spacial score (nSPS) is 11.4. The summed E-state index contributed by atoms with van der Waals surface area (Å²) in [7, 11) is 1.30. The van der Waals surface area contributed by atoms with E-state index in [1.807, 2.05) is 18.2 Å². The van der Waals surface area contributed by atoms with Crippen molar-refractivity contribution >= 4 is 29.3 Å². The van der Waals surface area contributed by atoms with Gasteiger partial charge in [-0.2, -0.15) is 0 Å². The summed E-state index contributed by atoms with van der Waals surface area (Å²) in [5.41, 5.74) is 1.31. The van der Waals surface area contributed by atoms with Gasteiger partial charge in [0.25, 0.3) is 0 Å². The Bertz CT molecular complexity index is 677. The first kappa shape index (κ1) is 16.8. The third kappa shape index (κ3) is 5.00. The Hall–Kier alpha value is -2.53. The number of amides is 2. The molecule has 2 N–H and O–H groups in total. The number of ether oxygens (including phenoxy) is 1. The largest absolute Gasteiger partial charge is 0.469 e. The molecule has 1 atom stereocenters. The number of benzene rings is 2. The molecule has 6 heteroatoms. The molecule has 2 rings (SSSR count). The summed E-state index contributed by atoms with van der Waals surface area (Å²) in [5.74, 6) is -0.435. The van der Waals surface area contributed by atoms with Crippen molar-refractivity contribution in [2.24, 2.45) is 0 Å². The molecule has 120 valence electrons. The van der Waals surface area contributed by atoms with Gasteiger partial charge in [0.2, 0.25) is 0 Å². The lowest BCUT2D eigenvalue weighted by Gasteiger charge is -2.19. The number of hydrogen-bond acceptors (Lipinski definition) is 3. The minimum absolute atomic E-state index is 0.0115. The molecule has 0 fully saturated rings. The van der Waals surface area contributed by atoms with Crippen LogP contribution in [0.4, 0.5) is 10.5 Å². The SMILES string of the molecule is COC(=O)CC(NC(=O)Nc1ccccc1)c1ccccc1Cl. The van der Waals surface area contributed by atoms with Crippen molar-refractivity contribution in [1.82, 2.24) is 5.32 Å². The number of rotatable bonds is 5. The summed E-state index contributed by atoms with van der Waals surface area (Å²) in [4.78, 5) is 23.8. The summed E-state index contributed by atoms with van der Waals surface area (Å²) in [5, 5.41) is 5.93. The molecule has 1 unspecified atom stereocenters. The minimum Gasteiger partial charge on any atom is -0.469 e. The number of para-hydroxylation sites is 1. The second kappa shape index (κ2) is 8.19. The van der Waals surface area contributed by atoms with Gasteiger partial charge in [-0.25, -0.2) is 4.79 Å². The Morgan fingerprint density at radius 1 is 1.09 bits per heavy atom. The molecule has 2 aromatic rings. The van der Waals surface area contributed by atoms with Gasteiger partial charge in [-0.3, -0.25) is 4.79 Å². The van der Waals surface area contributed by atoms with E-state index >= 15 is 0 Å². The summed E-state index contributed by atoms with van der Waals surface area (Å²) in [6.45, 7) is 0. The van der Waals surface area contributed by atoms with Crippen molar-refractivity contribution in [3.63, 3.8) is 0 Å². The maximum atomic E-state index is 12.2. The first-order chi connectivity index (χ1) is 11.1. The van der Waals surface area contributed by atoms with Crippen LogP contribution in [0.25, 0.3) is 0 Å². The number of carbonyl (C=O) groups is 2. The second-order valence-corrected chi connectivity index (χ2v) is 5.23. The lowest BCUT2D eigenvalue weighted by atomic mass is 10.0. The molecule has 23 heavy (non-hydrogen) atoms. The Kier molecular flexibility index (Phi) is 6.00. The van der Waals surface area contributed by atoms with E-state index in [2.05, 4.69) is 15.4 Å². The lowest BCUT2D eigenvalue weighted by molar-refractivity contribution is -0.141. The molecule has 0 spiro atoms. The van der Waals surface area contributed by atoms with E-state index in [4.69, 9.17) is 11.6 Å². The van der Waals surface area contributed by atoms with Crippen molar-refractivity contribution in [3.05, 3.63) is 65.2 Å². The van der Waals surface area contributed by atoms with Crippen LogP contribution in [0.1, 0.15) is 18.0 Å². The Morgan fingerprint density at radius 3 is 2.39 bits per heavy atom. The first-order valence-corrected chi connectivity index (χ1v) is 7.41. The van der Waals surface area contributed by atoms with Crippen molar-refractivity contribution in [2.45, 2.75) is 12.5 Å². The molecule has 0 saturated carbocycles. The summed E-state index contributed by atoms with van der Waals surface area (Å²) >= 11 is 6.17. The monoisotopic (exact) mass is 332 g/mol. The smallest absolute Gasteiger partial charge is 0.319 e. The fourth-order valence-electron chi connectivity index (χ4n) is 2.09. The molecule has 0 saturated heterocycles. The number of esters is 1. The van der Waals surface area contributed by atoms with E-state index in [1.165, 1.54) is 7.11 Å². The van der Waals surface area contributed by atoms with Gasteiger partial charge in [-0.15, -0.1) is 0 Å². The van der Waals surface area contributed by atoms with Crippen molar-refractivity contribution < 1.29 is 14.3 Å². The molecule has 0 aromatic heterocycles. The second-order valence-electron chi connectivity index (χ2n) is 4.82. The van der Waals surface area contributed by atoms with Crippen molar-refractivity contribution in [3.8, 4) is 0 Å². The summed E-state index contributed by atoms with van der Waals surface area (Å²) < 4.78 is 4.69. The predicted octanol–water partition coefficient (Wildman–Crippen LogP) is 3.77. The maximum Gasteiger partial charge on any atom is 0.319 e. The third-order valence-electron chi connectivity index (χ3n) is 3.22. The zero-order chi connectivity index (χ0) is 16.7. The quantitative estimate of drug-likeness (QED) is 0.819. The standard InChI is InChI=1S/C17H17ClN2O3/c1-23-16(21)11-15(13-9-5-6-10-14(13)18)20-17(22)19-12-7-3-2-4-8-12/h2-10,15H,11H2,1H3,(H2,19,20,22). The van der Waals surface area contributed by atoms with Crippen LogP contribution in [0, 0.1) is 0 Å². The molecular formula is C17H17ClN2O3. The van der Waals surface area contributed by atoms with Gasteiger partial charge >= 0.3 is 12.0 Å². The number of carbonyl (C=O) groups excluding carboxylic acids is 2. The zero-order valence-corrected chi connectivity index (χ0v) is 13.3. The maximum absolute atomic E-state index is 12.2. The molecule has 5 nitrogen and oxygen atoms in total. The van der Waals surface area contributed by atoms with Crippen LogP contribution in [0.2, 0.25) is 5.02 Å². The topological polar surface area (TPSA) is 67.4 Å². The number of nitrogens with one attached hydrogen (secondary N) is 2. The molecule has 0 aliphatic carbocycles. The fourth-order valence-corrected chi connectivity index (χ4v) is 2.36. The van der Waals surface area contributed by atoms with Gasteiger partial charge in [0.15, 0.2) is 0 Å². The van der Waals surface area contributed by atoms with Gasteiger partial charge in [-0.1, -0.05) is 48.0 Å². The van der Waals surface area contributed by atoms with Crippen LogP contribution in [0.3, 0.4) is 0 Å². The molecule has 0 aliphatic rings. The number of halogens is 1. The van der Waals surface area contributed by atoms with Gasteiger partial charge < -0.3 is 15.4 Å². The van der Waals surface area contributed by atoms with Crippen LogP contribution in [0.5, 0.6) is 0 Å². The van der Waals surface area contributed by atoms with Crippen LogP contribution in [0.15, 0.2) is 54.6 Å². The van der Waals surface area contributed by atoms with E-state index in [9.17, 15) is 9.59 Å². The molecule has 0 radical (unpaired) electrons. The van der Waals surface area contributed by atoms with E-state index in [0.29, 0.717) is 16.3 Å². The molecule has 2 aromatic carbocycles. The highest BCUT2D eigenvalue weighted by Crippen LogP contribution is 2.25. The highest BCUT2D eigenvalue weighted by atomic mass is 35.5. The number of urea groups is 1. The average Bonchev–Trinajstić information content (AvgIpc) is 2.55. The zero-order valence-electron chi connectivity index (χ0n) is 12.6. The van der Waals surface area contributed by atoms with Crippen LogP contribution in [-0.4, -0.2) is 19.1 Å². The minimum atomic E-state index is -0.583. The molecular weight excluding hydrogens is 316 g/mol. The molecule has 0 aliphatic heterocycles. The summed E-state index contributed by atoms with van der Waals surface area (Å²) in [6.07, 6.45) is -0.0115. The molecule has 0 bridgehead atoms. The van der Waals surface area contributed by atoms with Gasteiger partial charge in [0.05, 0.1) is 19.6 Å². The van der Waals surface area contributed by atoms with Gasteiger partial charge in [0, 0.05) is 10.7 Å². The Labute approximate surface area is 139 Å². The van der Waals surface area contributed by atoms with E-state index in [-0.39, 0.29) is 6.42 Å². The first-order valence-electron chi connectivity index (χ1n) is 7.04. The Balaban J connectivity index is 2.13. The lowest BCUT2D eigenvalue weighted by Crippen LogP contribution is -2.34. The average molecular weight is 333 g/mol. The summed E-state index contributed by atoms with van der Waals surface area (Å²) in [6, 6.07) is 15.1. The predicted molar refractivity (Wildman–Crippen MR) is 89.4 cm³/mol. The van der Waals surface area contributed by atoms with E-state index in [0.717, 1.165) is 0 Å². The molecule has 2 amide bonds. The fraction of sp³-hybridized carbons (Fsp3) is 0.176. The highest BCUT2D eigenvalue weighted by Gasteiger charge is 2.21. The number of hydrogen-bond donors (Lipinski definition) is 2. The number of anilines is 1.